The Bertz CT molecular complexity index is 563. The molecule has 1 aliphatic carbocycles. The van der Waals surface area contributed by atoms with Crippen LogP contribution in [-0.4, -0.2) is 18.4 Å². The van der Waals surface area contributed by atoms with Crippen LogP contribution in [0.25, 0.3) is 0 Å². The molecule has 0 aromatic carbocycles. The fourth-order valence-corrected chi connectivity index (χ4v) is 3.61. The quantitative estimate of drug-likeness (QED) is 0.168. The van der Waals surface area contributed by atoms with Gasteiger partial charge in [-0.3, -0.25) is 4.99 Å². The lowest BCUT2D eigenvalue weighted by Crippen LogP contribution is -2.11. The third kappa shape index (κ3) is 9.26. The van der Waals surface area contributed by atoms with Gasteiger partial charge in [0.2, 0.25) is 0 Å². The molecule has 0 bridgehead atoms. The minimum Gasteiger partial charge on any atom is -0.494 e. The summed E-state index contributed by atoms with van der Waals surface area (Å²) in [6, 6.07) is 0.451. The standard InChI is InChI=1S/C26H45NO/c1-8-12-24(17-14-20(5)10-3)27-22(7)26(21(6)23-15-16-23)19-18-25(13-9-2)28-11-4/h13,18-20,23-24H,8-12,14-17H2,1-7H3/b19-18-,25-13-,26-21-,27-22?. The number of rotatable bonds is 14. The highest BCUT2D eigenvalue weighted by atomic mass is 16.5. The third-order valence-electron chi connectivity index (χ3n) is 5.82. The maximum Gasteiger partial charge on any atom is 0.115 e. The summed E-state index contributed by atoms with van der Waals surface area (Å²) >= 11 is 0. The highest BCUT2D eigenvalue weighted by Crippen LogP contribution is 2.38. The van der Waals surface area contributed by atoms with Gasteiger partial charge in [-0.05, 0) is 94.9 Å². The van der Waals surface area contributed by atoms with Crippen LogP contribution in [0.1, 0.15) is 99.8 Å². The first-order valence-corrected chi connectivity index (χ1v) is 11.7. The molecule has 0 aromatic heterocycles. The van der Waals surface area contributed by atoms with E-state index in [0.29, 0.717) is 12.6 Å². The molecular weight excluding hydrogens is 342 g/mol. The Morgan fingerprint density at radius 3 is 2.29 bits per heavy atom. The molecule has 0 aliphatic heterocycles. The van der Waals surface area contributed by atoms with E-state index >= 15 is 0 Å². The molecule has 2 nitrogen and oxygen atoms in total. The van der Waals surface area contributed by atoms with Crippen LogP contribution in [0.3, 0.4) is 0 Å². The predicted octanol–water partition coefficient (Wildman–Crippen LogP) is 8.06. The minimum atomic E-state index is 0.451. The number of nitrogens with zero attached hydrogens (tertiary/aromatic N) is 1. The van der Waals surface area contributed by atoms with Gasteiger partial charge in [0.1, 0.15) is 5.76 Å². The largest absolute Gasteiger partial charge is 0.494 e. The Balaban J connectivity index is 3.06. The highest BCUT2D eigenvalue weighted by Gasteiger charge is 2.25. The van der Waals surface area contributed by atoms with Crippen LogP contribution in [0.2, 0.25) is 0 Å². The summed E-state index contributed by atoms with van der Waals surface area (Å²) < 4.78 is 5.78. The fraction of sp³-hybridized carbons (Fsp3) is 0.731. The maximum atomic E-state index is 5.78. The Morgan fingerprint density at radius 1 is 1.04 bits per heavy atom. The second kappa shape index (κ2) is 13.8. The van der Waals surface area contributed by atoms with Crippen molar-refractivity contribution in [3.05, 3.63) is 35.1 Å². The molecule has 2 heteroatoms. The summed E-state index contributed by atoms with van der Waals surface area (Å²) in [7, 11) is 0. The molecule has 2 atom stereocenters. The van der Waals surface area contributed by atoms with E-state index < -0.39 is 0 Å². The Labute approximate surface area is 175 Å². The van der Waals surface area contributed by atoms with Gasteiger partial charge in [-0.15, -0.1) is 0 Å². The van der Waals surface area contributed by atoms with Crippen molar-refractivity contribution in [3.8, 4) is 0 Å². The average Bonchev–Trinajstić information content (AvgIpc) is 3.51. The van der Waals surface area contributed by atoms with Gasteiger partial charge < -0.3 is 4.74 Å². The lowest BCUT2D eigenvalue weighted by atomic mass is 9.96. The normalized spacial score (nSPS) is 19.0. The summed E-state index contributed by atoms with van der Waals surface area (Å²) in [4.78, 5) is 5.22. The van der Waals surface area contributed by atoms with Crippen molar-refractivity contribution < 1.29 is 4.74 Å². The lowest BCUT2D eigenvalue weighted by Gasteiger charge is -2.17. The fourth-order valence-electron chi connectivity index (χ4n) is 3.61. The molecule has 0 heterocycles. The molecule has 0 radical (unpaired) electrons. The van der Waals surface area contributed by atoms with Gasteiger partial charge in [0, 0.05) is 5.71 Å². The number of hydrogen-bond acceptors (Lipinski definition) is 2. The van der Waals surface area contributed by atoms with Gasteiger partial charge in [0.25, 0.3) is 0 Å². The Morgan fingerprint density at radius 2 is 1.75 bits per heavy atom. The van der Waals surface area contributed by atoms with Crippen molar-refractivity contribution in [2.45, 2.75) is 106 Å². The lowest BCUT2D eigenvalue weighted by molar-refractivity contribution is 0.241. The topological polar surface area (TPSA) is 21.6 Å². The molecule has 160 valence electrons. The van der Waals surface area contributed by atoms with Crippen LogP contribution in [0.15, 0.2) is 40.1 Å². The van der Waals surface area contributed by atoms with Crippen molar-refractivity contribution in [2.75, 3.05) is 6.61 Å². The van der Waals surface area contributed by atoms with Crippen molar-refractivity contribution in [2.24, 2.45) is 16.8 Å². The number of ether oxygens (including phenoxy) is 1. The molecule has 1 rings (SSSR count). The first-order chi connectivity index (χ1) is 13.5. The molecule has 0 spiro atoms. The molecule has 0 aromatic rings. The highest BCUT2D eigenvalue weighted by molar-refractivity contribution is 6.01. The molecule has 2 unspecified atom stereocenters. The van der Waals surface area contributed by atoms with Crippen LogP contribution in [0.5, 0.6) is 0 Å². The third-order valence-corrected chi connectivity index (χ3v) is 5.82. The second-order valence-electron chi connectivity index (χ2n) is 8.40. The van der Waals surface area contributed by atoms with Crippen molar-refractivity contribution in [1.82, 2.24) is 0 Å². The van der Waals surface area contributed by atoms with Gasteiger partial charge in [-0.25, -0.2) is 0 Å². The van der Waals surface area contributed by atoms with Crippen LogP contribution in [-0.2, 0) is 4.74 Å². The van der Waals surface area contributed by atoms with Crippen LogP contribution in [0.4, 0.5) is 0 Å². The van der Waals surface area contributed by atoms with E-state index in [4.69, 9.17) is 9.73 Å². The van der Waals surface area contributed by atoms with E-state index in [-0.39, 0.29) is 0 Å². The van der Waals surface area contributed by atoms with Gasteiger partial charge >= 0.3 is 0 Å². The summed E-state index contributed by atoms with van der Waals surface area (Å²) in [5.41, 5.74) is 4.03. The van der Waals surface area contributed by atoms with Crippen LogP contribution >= 0.6 is 0 Å². The SMILES string of the molecule is CC/C=C(/C=C\C(C(C)=NC(CCC)CCC(C)CC)=C(/C)C1CC1)OCC. The molecule has 1 saturated carbocycles. The number of hydrogen-bond donors (Lipinski definition) is 0. The van der Waals surface area contributed by atoms with Crippen molar-refractivity contribution in [3.63, 3.8) is 0 Å². The van der Waals surface area contributed by atoms with E-state index in [0.717, 1.165) is 24.0 Å². The molecule has 0 saturated heterocycles. The summed E-state index contributed by atoms with van der Waals surface area (Å²) in [6.45, 7) is 16.3. The molecule has 0 amide bonds. The van der Waals surface area contributed by atoms with E-state index in [1.807, 2.05) is 6.92 Å². The molecular formula is C26H45NO. The smallest absolute Gasteiger partial charge is 0.115 e. The van der Waals surface area contributed by atoms with Crippen molar-refractivity contribution >= 4 is 5.71 Å². The molecule has 1 aliphatic rings. The number of allylic oxidation sites excluding steroid dienone is 5. The minimum absolute atomic E-state index is 0.451. The van der Waals surface area contributed by atoms with E-state index in [2.05, 4.69) is 59.8 Å². The van der Waals surface area contributed by atoms with E-state index in [1.54, 1.807) is 0 Å². The van der Waals surface area contributed by atoms with Gasteiger partial charge in [0.15, 0.2) is 0 Å². The van der Waals surface area contributed by atoms with Gasteiger partial charge in [-0.2, -0.15) is 0 Å². The summed E-state index contributed by atoms with van der Waals surface area (Å²) in [6.07, 6.45) is 16.3. The monoisotopic (exact) mass is 387 g/mol. The summed E-state index contributed by atoms with van der Waals surface area (Å²) in [5.74, 6) is 2.52. The maximum absolute atomic E-state index is 5.78. The van der Waals surface area contributed by atoms with Crippen LogP contribution in [0, 0.1) is 11.8 Å². The zero-order valence-electron chi connectivity index (χ0n) is 19.7. The van der Waals surface area contributed by atoms with Gasteiger partial charge in [0.05, 0.1) is 12.6 Å². The van der Waals surface area contributed by atoms with Gasteiger partial charge in [-0.1, -0.05) is 46.1 Å². The first-order valence-electron chi connectivity index (χ1n) is 11.7. The van der Waals surface area contributed by atoms with Crippen molar-refractivity contribution in [1.29, 1.82) is 0 Å². The van der Waals surface area contributed by atoms with E-state index in [9.17, 15) is 0 Å². The molecule has 1 fully saturated rings. The molecule has 28 heavy (non-hydrogen) atoms. The zero-order chi connectivity index (χ0) is 20.9. The van der Waals surface area contributed by atoms with Crippen LogP contribution < -0.4 is 0 Å². The zero-order valence-corrected chi connectivity index (χ0v) is 19.7. The molecule has 0 N–H and O–H groups in total. The summed E-state index contributed by atoms with van der Waals surface area (Å²) in [5, 5.41) is 0. The second-order valence-corrected chi connectivity index (χ2v) is 8.40. The average molecular weight is 388 g/mol. The predicted molar refractivity (Wildman–Crippen MR) is 125 cm³/mol. The number of aliphatic imine (C=N–C) groups is 1. The van der Waals surface area contributed by atoms with E-state index in [1.165, 1.54) is 61.8 Å². The Kier molecular flexibility index (Phi) is 12.2. The Hall–Kier alpha value is -1.31. The first kappa shape index (κ1) is 24.7.